The molecule has 0 N–H and O–H groups in total. The molecule has 11 rings (SSSR count). The van der Waals surface area contributed by atoms with E-state index < -0.39 is 0 Å². The molecule has 282 valence electrons. The lowest BCUT2D eigenvalue weighted by molar-refractivity contribution is 1.19. The summed E-state index contributed by atoms with van der Waals surface area (Å²) < 4.78 is 2.42. The molecular formula is C58H40N2. The highest BCUT2D eigenvalue weighted by Gasteiger charge is 2.18. The molecule has 0 saturated carbocycles. The van der Waals surface area contributed by atoms with Crippen LogP contribution < -0.4 is 4.90 Å². The summed E-state index contributed by atoms with van der Waals surface area (Å²) in [6.07, 6.45) is 0. The first kappa shape index (κ1) is 35.2. The van der Waals surface area contributed by atoms with E-state index in [2.05, 4.69) is 252 Å². The van der Waals surface area contributed by atoms with Gasteiger partial charge in [0.05, 0.1) is 16.7 Å². The van der Waals surface area contributed by atoms with Gasteiger partial charge in [-0.2, -0.15) is 0 Å². The largest absolute Gasteiger partial charge is 0.310 e. The zero-order valence-electron chi connectivity index (χ0n) is 33.0. The number of hydrogen-bond acceptors (Lipinski definition) is 1. The Morgan fingerprint density at radius 2 is 0.733 bits per heavy atom. The topological polar surface area (TPSA) is 8.17 Å². The molecule has 0 amide bonds. The van der Waals surface area contributed by atoms with Gasteiger partial charge in [-0.1, -0.05) is 194 Å². The van der Waals surface area contributed by atoms with Crippen molar-refractivity contribution in [2.24, 2.45) is 0 Å². The third kappa shape index (κ3) is 6.32. The Kier molecular flexibility index (Phi) is 8.87. The summed E-state index contributed by atoms with van der Waals surface area (Å²) in [6.45, 7) is 0. The smallest absolute Gasteiger partial charge is 0.0619 e. The summed E-state index contributed by atoms with van der Waals surface area (Å²) in [4.78, 5) is 2.38. The van der Waals surface area contributed by atoms with Crippen LogP contribution in [0.5, 0.6) is 0 Å². The maximum atomic E-state index is 2.42. The van der Waals surface area contributed by atoms with Gasteiger partial charge in [-0.15, -0.1) is 0 Å². The van der Waals surface area contributed by atoms with Crippen molar-refractivity contribution in [3.63, 3.8) is 0 Å². The molecule has 0 aliphatic carbocycles. The van der Waals surface area contributed by atoms with Gasteiger partial charge in [0.2, 0.25) is 0 Å². The molecule has 0 radical (unpaired) electrons. The fourth-order valence-electron chi connectivity index (χ4n) is 8.85. The van der Waals surface area contributed by atoms with Crippen LogP contribution in [0.4, 0.5) is 17.1 Å². The molecule has 0 spiro atoms. The summed E-state index contributed by atoms with van der Waals surface area (Å²) in [5.74, 6) is 0. The molecule has 0 unspecified atom stereocenters. The van der Waals surface area contributed by atoms with E-state index in [1.165, 1.54) is 77.1 Å². The number of benzene rings is 10. The second-order valence-electron chi connectivity index (χ2n) is 15.3. The SMILES string of the molecule is c1ccc(-c2ccc(-c3ccc(N(c4ccc(-c5ccc(-n6c7ccccc7c7ccc8ccccc8c76)cc5)cc4)c4ccccc4-c4ccccc4)cc3)cc2)cc1. The Balaban J connectivity index is 0.952. The maximum Gasteiger partial charge on any atom is 0.0619 e. The minimum absolute atomic E-state index is 1.09. The number of aromatic nitrogens is 1. The molecule has 0 saturated heterocycles. The van der Waals surface area contributed by atoms with Crippen LogP contribution in [0.25, 0.3) is 82.8 Å². The third-order valence-electron chi connectivity index (χ3n) is 11.8. The summed E-state index contributed by atoms with van der Waals surface area (Å²) >= 11 is 0. The molecule has 1 heterocycles. The molecule has 0 atom stereocenters. The molecule has 2 nitrogen and oxygen atoms in total. The normalized spacial score (nSPS) is 11.3. The van der Waals surface area contributed by atoms with Gasteiger partial charge in [0.25, 0.3) is 0 Å². The minimum Gasteiger partial charge on any atom is -0.310 e. The van der Waals surface area contributed by atoms with Crippen LogP contribution in [0.2, 0.25) is 0 Å². The van der Waals surface area contributed by atoms with Crippen molar-refractivity contribution >= 4 is 49.6 Å². The van der Waals surface area contributed by atoms with E-state index in [9.17, 15) is 0 Å². The quantitative estimate of drug-likeness (QED) is 0.150. The van der Waals surface area contributed by atoms with E-state index in [0.717, 1.165) is 22.7 Å². The Morgan fingerprint density at radius 1 is 0.283 bits per heavy atom. The number of anilines is 3. The second kappa shape index (κ2) is 15.1. The van der Waals surface area contributed by atoms with Crippen molar-refractivity contribution in [1.29, 1.82) is 0 Å². The zero-order chi connectivity index (χ0) is 39.8. The van der Waals surface area contributed by atoms with Crippen LogP contribution in [-0.4, -0.2) is 4.57 Å². The minimum atomic E-state index is 1.09. The summed E-state index contributed by atoms with van der Waals surface area (Å²) in [6, 6.07) is 87.7. The molecule has 0 fully saturated rings. The summed E-state index contributed by atoms with van der Waals surface area (Å²) in [5, 5.41) is 5.05. The van der Waals surface area contributed by atoms with E-state index in [0.29, 0.717) is 0 Å². The van der Waals surface area contributed by atoms with Gasteiger partial charge in [-0.05, 0) is 92.9 Å². The molecule has 11 aromatic rings. The van der Waals surface area contributed by atoms with E-state index in [1.807, 2.05) is 0 Å². The van der Waals surface area contributed by atoms with Crippen molar-refractivity contribution < 1.29 is 0 Å². The molecule has 1 aromatic heterocycles. The van der Waals surface area contributed by atoms with Gasteiger partial charge in [-0.3, -0.25) is 0 Å². The van der Waals surface area contributed by atoms with Crippen LogP contribution in [0.1, 0.15) is 0 Å². The van der Waals surface area contributed by atoms with E-state index >= 15 is 0 Å². The summed E-state index contributed by atoms with van der Waals surface area (Å²) in [5.41, 5.74) is 16.4. The lowest BCUT2D eigenvalue weighted by Gasteiger charge is -2.28. The van der Waals surface area contributed by atoms with Crippen molar-refractivity contribution in [1.82, 2.24) is 4.57 Å². The Morgan fingerprint density at radius 3 is 1.35 bits per heavy atom. The van der Waals surface area contributed by atoms with Crippen LogP contribution in [-0.2, 0) is 0 Å². The average Bonchev–Trinajstić information content (AvgIpc) is 3.68. The number of rotatable bonds is 8. The van der Waals surface area contributed by atoms with E-state index in [-0.39, 0.29) is 0 Å². The molecular weight excluding hydrogens is 725 g/mol. The predicted molar refractivity (Wildman–Crippen MR) is 255 cm³/mol. The lowest BCUT2D eigenvalue weighted by atomic mass is 9.99. The second-order valence-corrected chi connectivity index (χ2v) is 15.3. The van der Waals surface area contributed by atoms with Crippen molar-refractivity contribution in [3.8, 4) is 50.2 Å². The van der Waals surface area contributed by atoms with Crippen molar-refractivity contribution in [2.75, 3.05) is 4.90 Å². The molecule has 0 bridgehead atoms. The van der Waals surface area contributed by atoms with E-state index in [1.54, 1.807) is 0 Å². The number of nitrogens with zero attached hydrogens (tertiary/aromatic N) is 2. The van der Waals surface area contributed by atoms with Gasteiger partial charge in [0, 0.05) is 38.8 Å². The molecule has 60 heavy (non-hydrogen) atoms. The molecule has 0 aliphatic rings. The standard InChI is InChI=1S/C58H40N2/c1-3-13-41(14-4-1)42-23-25-43(26-24-42)44-27-34-49(35-28-44)59(56-21-11-9-18-52(56)47-15-5-2-6-16-47)50-36-29-45(30-37-50)46-31-38-51(39-32-46)60-57-22-12-10-20-54(57)55-40-33-48-17-7-8-19-53(48)58(55)60/h1-40H. The molecule has 2 heteroatoms. The van der Waals surface area contributed by atoms with E-state index in [4.69, 9.17) is 0 Å². The molecule has 10 aromatic carbocycles. The van der Waals surface area contributed by atoms with Gasteiger partial charge < -0.3 is 9.47 Å². The van der Waals surface area contributed by atoms with Crippen LogP contribution in [0.15, 0.2) is 243 Å². The van der Waals surface area contributed by atoms with Crippen LogP contribution in [0.3, 0.4) is 0 Å². The monoisotopic (exact) mass is 764 g/mol. The van der Waals surface area contributed by atoms with Gasteiger partial charge in [0.15, 0.2) is 0 Å². The Labute approximate surface area is 350 Å². The Bertz CT molecular complexity index is 3250. The fraction of sp³-hybridized carbons (Fsp3) is 0. The first-order valence-electron chi connectivity index (χ1n) is 20.6. The number of hydrogen-bond donors (Lipinski definition) is 0. The lowest BCUT2D eigenvalue weighted by Crippen LogP contribution is -2.11. The zero-order valence-corrected chi connectivity index (χ0v) is 33.0. The Hall–Kier alpha value is -7.94. The van der Waals surface area contributed by atoms with Gasteiger partial charge in [-0.25, -0.2) is 0 Å². The highest BCUT2D eigenvalue weighted by molar-refractivity contribution is 6.18. The first-order chi connectivity index (χ1) is 29.8. The maximum absolute atomic E-state index is 2.42. The predicted octanol–water partition coefficient (Wildman–Crippen LogP) is 16.1. The highest BCUT2D eigenvalue weighted by Crippen LogP contribution is 2.42. The number of para-hydroxylation sites is 2. The number of fused-ring (bicyclic) bond motifs is 5. The van der Waals surface area contributed by atoms with Crippen LogP contribution >= 0.6 is 0 Å². The van der Waals surface area contributed by atoms with Gasteiger partial charge in [0.1, 0.15) is 0 Å². The third-order valence-corrected chi connectivity index (χ3v) is 11.8. The van der Waals surface area contributed by atoms with Crippen molar-refractivity contribution in [3.05, 3.63) is 243 Å². The highest BCUT2D eigenvalue weighted by atomic mass is 15.1. The average molecular weight is 765 g/mol. The summed E-state index contributed by atoms with van der Waals surface area (Å²) in [7, 11) is 0. The first-order valence-corrected chi connectivity index (χ1v) is 20.6. The molecule has 0 aliphatic heterocycles. The van der Waals surface area contributed by atoms with Gasteiger partial charge >= 0.3 is 0 Å². The van der Waals surface area contributed by atoms with Crippen molar-refractivity contribution in [2.45, 2.75) is 0 Å². The fourth-order valence-corrected chi connectivity index (χ4v) is 8.85. The van der Waals surface area contributed by atoms with Crippen LogP contribution in [0, 0.1) is 0 Å².